The number of allylic oxidation sites excluding steroid dienone is 4. The summed E-state index contributed by atoms with van der Waals surface area (Å²) in [6, 6.07) is 8.92. The third-order valence-corrected chi connectivity index (χ3v) is 5.08. The first-order valence-corrected chi connectivity index (χ1v) is 8.82. The zero-order chi connectivity index (χ0) is 17.7. The summed E-state index contributed by atoms with van der Waals surface area (Å²) in [6.07, 6.45) is 10.2. The van der Waals surface area contributed by atoms with Crippen molar-refractivity contribution in [2.75, 3.05) is 19.6 Å². The molecule has 3 saturated heterocycles. The molecule has 0 saturated carbocycles. The largest absolute Gasteiger partial charge is 0.458 e. The highest BCUT2D eigenvalue weighted by Crippen LogP contribution is 2.32. The van der Waals surface area contributed by atoms with Gasteiger partial charge in [0.15, 0.2) is 0 Å². The van der Waals surface area contributed by atoms with Crippen LogP contribution in [-0.2, 0) is 15.1 Å². The van der Waals surface area contributed by atoms with E-state index >= 15 is 0 Å². The highest BCUT2D eigenvalue weighted by Gasteiger charge is 2.42. The molecule has 132 valence electrons. The Morgan fingerprint density at radius 1 is 1.20 bits per heavy atom. The normalized spacial score (nSPS) is 28.1. The van der Waals surface area contributed by atoms with Gasteiger partial charge in [0.1, 0.15) is 6.10 Å². The summed E-state index contributed by atoms with van der Waals surface area (Å²) in [4.78, 5) is 15.2. The van der Waals surface area contributed by atoms with Crippen molar-refractivity contribution in [3.63, 3.8) is 0 Å². The Morgan fingerprint density at radius 3 is 2.52 bits per heavy atom. The number of hydrogen-bond acceptors (Lipinski definition) is 4. The lowest BCUT2D eigenvalue weighted by Gasteiger charge is -2.44. The number of aliphatic hydroxyl groups is 1. The molecule has 2 atom stereocenters. The zero-order valence-electron chi connectivity index (χ0n) is 14.4. The molecule has 3 aliphatic rings. The first-order chi connectivity index (χ1) is 12.1. The van der Waals surface area contributed by atoms with Crippen LogP contribution in [0.15, 0.2) is 67.3 Å². The standard InChI is InChI=1S/C21H25NO3/c1-2-3-4-8-13-21(24,18-9-6-5-7-10-18)20(23)25-19-16-22-14-11-17(19)12-15-22/h2-10,13,17,19,24H,1,11-12,14-16H2. The van der Waals surface area contributed by atoms with Crippen LogP contribution in [0, 0.1) is 5.92 Å². The van der Waals surface area contributed by atoms with E-state index in [2.05, 4.69) is 11.5 Å². The average molecular weight is 339 g/mol. The number of ether oxygens (including phenoxy) is 1. The molecule has 1 aromatic carbocycles. The lowest BCUT2D eigenvalue weighted by molar-refractivity contribution is -0.176. The quantitative estimate of drug-likeness (QED) is 0.640. The number of carbonyl (C=O) groups is 1. The van der Waals surface area contributed by atoms with Gasteiger partial charge in [0.25, 0.3) is 0 Å². The number of esters is 1. The topological polar surface area (TPSA) is 49.8 Å². The molecule has 0 radical (unpaired) electrons. The maximum Gasteiger partial charge on any atom is 0.347 e. The van der Waals surface area contributed by atoms with E-state index in [1.165, 1.54) is 6.08 Å². The third-order valence-electron chi connectivity index (χ3n) is 5.08. The average Bonchev–Trinajstić information content (AvgIpc) is 2.66. The van der Waals surface area contributed by atoms with E-state index in [0.29, 0.717) is 11.5 Å². The smallest absolute Gasteiger partial charge is 0.347 e. The lowest BCUT2D eigenvalue weighted by atomic mass is 9.85. The van der Waals surface area contributed by atoms with Crippen LogP contribution in [0.25, 0.3) is 0 Å². The number of rotatable bonds is 6. The molecule has 4 rings (SSSR count). The summed E-state index contributed by atoms with van der Waals surface area (Å²) in [6.45, 7) is 6.53. The molecule has 0 spiro atoms. The van der Waals surface area contributed by atoms with Crippen LogP contribution in [-0.4, -0.2) is 41.7 Å². The molecule has 3 aliphatic heterocycles. The first kappa shape index (κ1) is 17.6. The molecule has 0 aromatic heterocycles. The highest BCUT2D eigenvalue weighted by molar-refractivity contribution is 5.83. The SMILES string of the molecule is C=CC=CC=CC(O)(C(=O)OC1CN2CCC1CC2)c1ccccc1. The number of hydrogen-bond donors (Lipinski definition) is 1. The van der Waals surface area contributed by atoms with Gasteiger partial charge < -0.3 is 9.84 Å². The number of benzene rings is 1. The Kier molecular flexibility index (Phi) is 5.51. The van der Waals surface area contributed by atoms with Crippen molar-refractivity contribution in [3.05, 3.63) is 72.9 Å². The number of piperidine rings is 3. The second-order valence-corrected chi connectivity index (χ2v) is 6.69. The van der Waals surface area contributed by atoms with Crippen LogP contribution in [0.3, 0.4) is 0 Å². The van der Waals surface area contributed by atoms with E-state index in [1.807, 2.05) is 6.07 Å². The Balaban J connectivity index is 1.81. The Hall–Kier alpha value is -2.17. The van der Waals surface area contributed by atoms with E-state index in [9.17, 15) is 9.90 Å². The summed E-state index contributed by atoms with van der Waals surface area (Å²) < 4.78 is 5.78. The van der Waals surface area contributed by atoms with Crippen molar-refractivity contribution in [1.82, 2.24) is 4.90 Å². The minimum absolute atomic E-state index is 0.137. The van der Waals surface area contributed by atoms with Gasteiger partial charge in [-0.2, -0.15) is 0 Å². The molecule has 4 heteroatoms. The maximum atomic E-state index is 12.9. The molecule has 1 aromatic rings. The van der Waals surface area contributed by atoms with E-state index in [-0.39, 0.29) is 6.10 Å². The van der Waals surface area contributed by atoms with E-state index in [0.717, 1.165) is 32.5 Å². The molecule has 25 heavy (non-hydrogen) atoms. The third kappa shape index (κ3) is 3.91. The molecular formula is C21H25NO3. The molecule has 2 unspecified atom stereocenters. The minimum Gasteiger partial charge on any atom is -0.458 e. The van der Waals surface area contributed by atoms with Crippen molar-refractivity contribution in [2.24, 2.45) is 5.92 Å². The predicted octanol–water partition coefficient (Wildman–Crippen LogP) is 2.81. The van der Waals surface area contributed by atoms with Gasteiger partial charge in [-0.05, 0) is 43.5 Å². The van der Waals surface area contributed by atoms with Gasteiger partial charge in [-0.15, -0.1) is 0 Å². The fourth-order valence-electron chi connectivity index (χ4n) is 3.58. The molecular weight excluding hydrogens is 314 g/mol. The number of fused-ring (bicyclic) bond motifs is 3. The molecule has 0 aliphatic carbocycles. The number of carbonyl (C=O) groups excluding carboxylic acids is 1. The van der Waals surface area contributed by atoms with E-state index in [1.54, 1.807) is 48.6 Å². The summed E-state index contributed by atoms with van der Waals surface area (Å²) in [5, 5.41) is 11.1. The van der Waals surface area contributed by atoms with Gasteiger partial charge in [0.2, 0.25) is 5.60 Å². The Labute approximate surface area is 149 Å². The highest BCUT2D eigenvalue weighted by atomic mass is 16.6. The zero-order valence-corrected chi connectivity index (χ0v) is 14.4. The van der Waals surface area contributed by atoms with Crippen LogP contribution in [0.4, 0.5) is 0 Å². The Morgan fingerprint density at radius 2 is 1.92 bits per heavy atom. The van der Waals surface area contributed by atoms with Crippen LogP contribution in [0.5, 0.6) is 0 Å². The summed E-state index contributed by atoms with van der Waals surface area (Å²) in [7, 11) is 0. The molecule has 1 N–H and O–H groups in total. The van der Waals surface area contributed by atoms with Gasteiger partial charge in [-0.1, -0.05) is 61.2 Å². The monoisotopic (exact) mass is 339 g/mol. The van der Waals surface area contributed by atoms with Crippen molar-refractivity contribution >= 4 is 5.97 Å². The van der Waals surface area contributed by atoms with Gasteiger partial charge in [-0.3, -0.25) is 4.90 Å². The Bertz CT molecular complexity index is 659. The van der Waals surface area contributed by atoms with Crippen LogP contribution in [0.2, 0.25) is 0 Å². The fraction of sp³-hybridized carbons (Fsp3) is 0.381. The van der Waals surface area contributed by atoms with Crippen molar-refractivity contribution in [1.29, 1.82) is 0 Å². The van der Waals surface area contributed by atoms with Crippen LogP contribution < -0.4 is 0 Å². The minimum atomic E-state index is -1.79. The van der Waals surface area contributed by atoms with Gasteiger partial charge in [0.05, 0.1) is 0 Å². The van der Waals surface area contributed by atoms with Crippen molar-refractivity contribution in [3.8, 4) is 0 Å². The number of nitrogens with zero attached hydrogens (tertiary/aromatic N) is 1. The molecule has 3 heterocycles. The van der Waals surface area contributed by atoms with E-state index in [4.69, 9.17) is 4.74 Å². The van der Waals surface area contributed by atoms with Gasteiger partial charge in [0, 0.05) is 6.54 Å². The summed E-state index contributed by atoms with van der Waals surface area (Å²) >= 11 is 0. The summed E-state index contributed by atoms with van der Waals surface area (Å²) in [5.74, 6) is -0.209. The van der Waals surface area contributed by atoms with E-state index < -0.39 is 11.6 Å². The summed E-state index contributed by atoms with van der Waals surface area (Å²) in [5.41, 5.74) is -1.29. The predicted molar refractivity (Wildman–Crippen MR) is 97.9 cm³/mol. The second-order valence-electron chi connectivity index (χ2n) is 6.69. The van der Waals surface area contributed by atoms with Crippen molar-refractivity contribution in [2.45, 2.75) is 24.5 Å². The van der Waals surface area contributed by atoms with Crippen LogP contribution in [0.1, 0.15) is 18.4 Å². The van der Waals surface area contributed by atoms with Crippen LogP contribution >= 0.6 is 0 Å². The molecule has 3 fully saturated rings. The lowest BCUT2D eigenvalue weighted by Crippen LogP contribution is -2.53. The fourth-order valence-corrected chi connectivity index (χ4v) is 3.58. The van der Waals surface area contributed by atoms with Gasteiger partial charge >= 0.3 is 5.97 Å². The second kappa shape index (κ2) is 7.81. The molecule has 2 bridgehead atoms. The molecule has 4 nitrogen and oxygen atoms in total. The molecule has 0 amide bonds. The maximum absolute atomic E-state index is 12.9. The van der Waals surface area contributed by atoms with Crippen molar-refractivity contribution < 1.29 is 14.6 Å². The first-order valence-electron chi connectivity index (χ1n) is 8.82. The van der Waals surface area contributed by atoms with Gasteiger partial charge in [-0.25, -0.2) is 4.79 Å².